The number of para-hydroxylation sites is 1. The maximum atomic E-state index is 5.80. The Labute approximate surface area is 143 Å². The van der Waals surface area contributed by atoms with Gasteiger partial charge in [0.05, 0.1) is 0 Å². The zero-order chi connectivity index (χ0) is 16.5. The smallest absolute Gasteiger partial charge is 0.203 e. The number of H-pyrrole nitrogens is 1. The maximum Gasteiger partial charge on any atom is 0.203 e. The largest absolute Gasteiger partial charge is 0.374 e. The van der Waals surface area contributed by atoms with Crippen molar-refractivity contribution in [1.29, 1.82) is 0 Å². The molecule has 118 valence electrons. The third kappa shape index (κ3) is 2.59. The summed E-state index contributed by atoms with van der Waals surface area (Å²) < 4.78 is 0. The molecule has 3 N–H and O–H groups in total. The Morgan fingerprint density at radius 2 is 1.79 bits per heavy atom. The number of aromatic amines is 1. The van der Waals surface area contributed by atoms with Gasteiger partial charge in [0.15, 0.2) is 0 Å². The van der Waals surface area contributed by atoms with Crippen LogP contribution < -0.4 is 5.73 Å². The van der Waals surface area contributed by atoms with Crippen molar-refractivity contribution >= 4 is 39.0 Å². The van der Waals surface area contributed by atoms with Gasteiger partial charge in [0.2, 0.25) is 5.13 Å². The molecule has 2 aromatic carbocycles. The predicted molar refractivity (Wildman–Crippen MR) is 101 cm³/mol. The number of hydrogen-bond donors (Lipinski definition) is 2. The Bertz CT molecular complexity index is 1030. The van der Waals surface area contributed by atoms with E-state index in [1.54, 1.807) is 0 Å². The fourth-order valence-corrected chi connectivity index (χ4v) is 3.51. The van der Waals surface area contributed by atoms with Gasteiger partial charge in [-0.1, -0.05) is 59.9 Å². The number of nitrogens with one attached hydrogen (secondary N) is 1. The van der Waals surface area contributed by atoms with Crippen LogP contribution in [0.1, 0.15) is 21.8 Å². The van der Waals surface area contributed by atoms with E-state index in [1.807, 2.05) is 24.3 Å². The van der Waals surface area contributed by atoms with Crippen LogP contribution in [0.5, 0.6) is 0 Å². The van der Waals surface area contributed by atoms with Crippen LogP contribution in [0.3, 0.4) is 0 Å². The molecule has 5 heteroatoms. The summed E-state index contributed by atoms with van der Waals surface area (Å²) in [5.74, 6) is 0. The van der Waals surface area contributed by atoms with Crippen LogP contribution in [0.2, 0.25) is 0 Å². The van der Waals surface area contributed by atoms with Crippen LogP contribution in [-0.2, 0) is 0 Å². The average molecular weight is 332 g/mol. The Hall–Kier alpha value is -2.92. The molecule has 2 heterocycles. The molecule has 0 atom stereocenters. The second kappa shape index (κ2) is 5.94. The van der Waals surface area contributed by atoms with E-state index in [4.69, 9.17) is 5.73 Å². The number of benzene rings is 2. The molecule has 24 heavy (non-hydrogen) atoms. The summed E-state index contributed by atoms with van der Waals surface area (Å²) in [4.78, 5) is 3.44. The fraction of sp³-hybridized carbons (Fsp3) is 0.0526. The standard InChI is InChI=1S/C19H16N4S/c1-12-15(14-9-5-6-10-17(14)21-12)11-16(13-7-3-2-4-8-13)18-22-23-19(20)24-18/h2-11,21H,1H3,(H2,20,23)/b16-11+. The number of anilines is 1. The molecule has 0 radical (unpaired) electrons. The molecule has 0 unspecified atom stereocenters. The summed E-state index contributed by atoms with van der Waals surface area (Å²) in [6.45, 7) is 2.09. The molecule has 0 aliphatic rings. The van der Waals surface area contributed by atoms with Crippen molar-refractivity contribution < 1.29 is 0 Å². The van der Waals surface area contributed by atoms with Gasteiger partial charge in [0.25, 0.3) is 0 Å². The number of nitrogens with zero attached hydrogens (tertiary/aromatic N) is 2. The summed E-state index contributed by atoms with van der Waals surface area (Å²) in [6, 6.07) is 18.5. The molecular weight excluding hydrogens is 316 g/mol. The summed E-state index contributed by atoms with van der Waals surface area (Å²) in [7, 11) is 0. The van der Waals surface area contributed by atoms with Crippen LogP contribution in [0.15, 0.2) is 54.6 Å². The molecule has 0 bridgehead atoms. The molecule has 0 amide bonds. The first kappa shape index (κ1) is 14.7. The summed E-state index contributed by atoms with van der Waals surface area (Å²) >= 11 is 1.40. The molecule has 0 fully saturated rings. The van der Waals surface area contributed by atoms with Gasteiger partial charge in [-0.15, -0.1) is 10.2 Å². The summed E-state index contributed by atoms with van der Waals surface area (Å²) in [5.41, 5.74) is 11.3. The lowest BCUT2D eigenvalue weighted by Crippen LogP contribution is -1.88. The zero-order valence-electron chi connectivity index (χ0n) is 13.2. The third-order valence-corrected chi connectivity index (χ3v) is 4.77. The van der Waals surface area contributed by atoms with Gasteiger partial charge < -0.3 is 10.7 Å². The second-order valence-electron chi connectivity index (χ2n) is 5.58. The number of hydrogen-bond acceptors (Lipinski definition) is 4. The van der Waals surface area contributed by atoms with E-state index in [-0.39, 0.29) is 0 Å². The van der Waals surface area contributed by atoms with E-state index in [9.17, 15) is 0 Å². The van der Waals surface area contributed by atoms with E-state index >= 15 is 0 Å². The topological polar surface area (TPSA) is 67.6 Å². The highest BCUT2D eigenvalue weighted by Crippen LogP contribution is 2.32. The van der Waals surface area contributed by atoms with Gasteiger partial charge in [-0.3, -0.25) is 0 Å². The molecular formula is C19H16N4S. The molecule has 2 aromatic heterocycles. The molecule has 4 nitrogen and oxygen atoms in total. The van der Waals surface area contributed by atoms with Crippen LogP contribution in [0.25, 0.3) is 22.6 Å². The average Bonchev–Trinajstić information content (AvgIpc) is 3.16. The minimum absolute atomic E-state index is 0.475. The fourth-order valence-electron chi connectivity index (χ4n) is 2.86. The van der Waals surface area contributed by atoms with Crippen LogP contribution in [0.4, 0.5) is 5.13 Å². The highest BCUT2D eigenvalue weighted by Gasteiger charge is 2.13. The lowest BCUT2D eigenvalue weighted by atomic mass is 10.0. The van der Waals surface area contributed by atoms with E-state index in [1.165, 1.54) is 22.3 Å². The molecule has 0 saturated carbocycles. The van der Waals surface area contributed by atoms with E-state index in [0.717, 1.165) is 27.4 Å². The molecule has 4 aromatic rings. The third-order valence-electron chi connectivity index (χ3n) is 3.99. The number of aryl methyl sites for hydroxylation is 1. The quantitative estimate of drug-likeness (QED) is 0.580. The normalized spacial score (nSPS) is 12.0. The lowest BCUT2D eigenvalue weighted by molar-refractivity contribution is 1.08. The lowest BCUT2D eigenvalue weighted by Gasteiger charge is -2.05. The van der Waals surface area contributed by atoms with Crippen molar-refractivity contribution in [2.24, 2.45) is 0 Å². The summed E-state index contributed by atoms with van der Waals surface area (Å²) in [6.07, 6.45) is 2.17. The van der Waals surface area contributed by atoms with Gasteiger partial charge in [-0.25, -0.2) is 0 Å². The van der Waals surface area contributed by atoms with Crippen molar-refractivity contribution in [2.75, 3.05) is 5.73 Å². The summed E-state index contributed by atoms with van der Waals surface area (Å²) in [5, 5.41) is 10.7. The Kier molecular flexibility index (Phi) is 3.63. The van der Waals surface area contributed by atoms with E-state index in [2.05, 4.69) is 58.5 Å². The van der Waals surface area contributed by atoms with Crippen molar-refractivity contribution in [2.45, 2.75) is 6.92 Å². The Morgan fingerprint density at radius 1 is 1.04 bits per heavy atom. The molecule has 0 spiro atoms. The maximum absolute atomic E-state index is 5.80. The van der Waals surface area contributed by atoms with Crippen molar-refractivity contribution in [3.63, 3.8) is 0 Å². The number of nitrogen functional groups attached to an aromatic ring is 1. The predicted octanol–water partition coefficient (Wildman–Crippen LogP) is 4.50. The number of aromatic nitrogens is 3. The highest BCUT2D eigenvalue weighted by atomic mass is 32.1. The Morgan fingerprint density at radius 3 is 2.54 bits per heavy atom. The van der Waals surface area contributed by atoms with Crippen LogP contribution in [-0.4, -0.2) is 15.2 Å². The Balaban J connectivity index is 1.96. The zero-order valence-corrected chi connectivity index (χ0v) is 14.0. The van der Waals surface area contributed by atoms with Gasteiger partial charge in [-0.2, -0.15) is 0 Å². The van der Waals surface area contributed by atoms with Crippen molar-refractivity contribution in [3.8, 4) is 0 Å². The van der Waals surface area contributed by atoms with E-state index < -0.39 is 0 Å². The minimum atomic E-state index is 0.475. The molecule has 4 rings (SSSR count). The SMILES string of the molecule is Cc1[nH]c2ccccc2c1/C=C(\c1ccccc1)c1nnc(N)s1. The molecule has 0 saturated heterocycles. The first-order valence-electron chi connectivity index (χ1n) is 7.66. The molecule has 0 aliphatic carbocycles. The van der Waals surface area contributed by atoms with Gasteiger partial charge >= 0.3 is 0 Å². The van der Waals surface area contributed by atoms with Crippen molar-refractivity contribution in [1.82, 2.24) is 15.2 Å². The first-order valence-corrected chi connectivity index (χ1v) is 8.48. The van der Waals surface area contributed by atoms with Gasteiger partial charge in [0.1, 0.15) is 5.01 Å². The second-order valence-corrected chi connectivity index (χ2v) is 6.59. The molecule has 0 aliphatic heterocycles. The first-order chi connectivity index (χ1) is 11.7. The number of rotatable bonds is 3. The number of nitrogens with two attached hydrogens (primary N) is 1. The van der Waals surface area contributed by atoms with Crippen LogP contribution in [0, 0.1) is 6.92 Å². The van der Waals surface area contributed by atoms with E-state index in [0.29, 0.717) is 5.13 Å². The van der Waals surface area contributed by atoms with Crippen LogP contribution >= 0.6 is 11.3 Å². The minimum Gasteiger partial charge on any atom is -0.374 e. The highest BCUT2D eigenvalue weighted by molar-refractivity contribution is 7.16. The van der Waals surface area contributed by atoms with Gasteiger partial charge in [0, 0.05) is 27.7 Å². The monoisotopic (exact) mass is 332 g/mol. The van der Waals surface area contributed by atoms with Gasteiger partial charge in [-0.05, 0) is 24.6 Å². The van der Waals surface area contributed by atoms with Crippen molar-refractivity contribution in [3.05, 3.63) is 76.4 Å². The number of fused-ring (bicyclic) bond motifs is 1.